The maximum atomic E-state index is 10.2. The Labute approximate surface area is 91.5 Å². The van der Waals surface area contributed by atoms with Crippen molar-refractivity contribution in [2.45, 2.75) is 6.42 Å². The summed E-state index contributed by atoms with van der Waals surface area (Å²) in [4.78, 5) is 10.2. The Morgan fingerprint density at radius 2 is 2.14 bits per heavy atom. The second kappa shape index (κ2) is 4.90. The molecule has 0 spiro atoms. The Morgan fingerprint density at radius 3 is 2.71 bits per heavy atom. The van der Waals surface area contributed by atoms with Crippen LogP contribution in [-0.2, 0) is 4.79 Å². The number of hydrogen-bond acceptors (Lipinski definition) is 1. The van der Waals surface area contributed by atoms with Crippen LogP contribution in [-0.4, -0.2) is 11.1 Å². The van der Waals surface area contributed by atoms with Gasteiger partial charge in [0.05, 0.1) is 5.02 Å². The summed E-state index contributed by atoms with van der Waals surface area (Å²) in [6, 6.07) is 4.87. The molecule has 1 rings (SSSR count). The molecule has 72 valence electrons. The third kappa shape index (κ3) is 3.29. The van der Waals surface area contributed by atoms with Gasteiger partial charge in [-0.25, -0.2) is 0 Å². The minimum Gasteiger partial charge on any atom is -0.481 e. The number of hydrogen-bond donors (Lipinski definition) is 1. The van der Waals surface area contributed by atoms with Gasteiger partial charge in [0.25, 0.3) is 0 Å². The van der Waals surface area contributed by atoms with Crippen molar-refractivity contribution in [3.8, 4) is 11.8 Å². The average molecular weight is 229 g/mol. The van der Waals surface area contributed by atoms with Crippen molar-refractivity contribution in [1.29, 1.82) is 0 Å². The SMILES string of the molecule is O=C(O)CC#Cc1ccc(Cl)cc1Cl. The van der Waals surface area contributed by atoms with Gasteiger partial charge in [-0.1, -0.05) is 35.0 Å². The molecule has 0 unspecified atom stereocenters. The molecular weight excluding hydrogens is 223 g/mol. The van der Waals surface area contributed by atoms with Gasteiger partial charge in [0.2, 0.25) is 0 Å². The molecule has 1 aromatic carbocycles. The second-order valence-electron chi connectivity index (χ2n) is 2.50. The van der Waals surface area contributed by atoms with Gasteiger partial charge in [-0.2, -0.15) is 0 Å². The molecule has 0 amide bonds. The molecule has 0 aliphatic rings. The Kier molecular flexibility index (Phi) is 3.82. The molecule has 14 heavy (non-hydrogen) atoms. The van der Waals surface area contributed by atoms with Crippen LogP contribution in [0.25, 0.3) is 0 Å². The van der Waals surface area contributed by atoms with E-state index in [0.717, 1.165) is 0 Å². The average Bonchev–Trinajstić information content (AvgIpc) is 2.08. The Bertz CT molecular complexity index is 416. The molecule has 0 radical (unpaired) electrons. The summed E-state index contributed by atoms with van der Waals surface area (Å²) in [5, 5.41) is 9.30. The van der Waals surface area contributed by atoms with Gasteiger partial charge < -0.3 is 5.11 Å². The fourth-order valence-electron chi connectivity index (χ4n) is 0.806. The van der Waals surface area contributed by atoms with Crippen molar-refractivity contribution < 1.29 is 9.90 Å². The van der Waals surface area contributed by atoms with Crippen molar-refractivity contribution in [3.05, 3.63) is 33.8 Å². The number of carbonyl (C=O) groups is 1. The van der Waals surface area contributed by atoms with Crippen LogP contribution < -0.4 is 0 Å². The van der Waals surface area contributed by atoms with Crippen LogP contribution in [0.5, 0.6) is 0 Å². The molecule has 1 N–H and O–H groups in total. The molecule has 0 saturated carbocycles. The zero-order valence-electron chi connectivity index (χ0n) is 7.05. The highest BCUT2D eigenvalue weighted by Crippen LogP contribution is 2.19. The fraction of sp³-hybridized carbons (Fsp3) is 0.100. The van der Waals surface area contributed by atoms with E-state index in [-0.39, 0.29) is 6.42 Å². The lowest BCUT2D eigenvalue weighted by atomic mass is 10.2. The zero-order valence-corrected chi connectivity index (χ0v) is 8.56. The van der Waals surface area contributed by atoms with Crippen molar-refractivity contribution in [3.63, 3.8) is 0 Å². The molecule has 1 aromatic rings. The van der Waals surface area contributed by atoms with Crippen LogP contribution in [0.2, 0.25) is 10.0 Å². The summed E-state index contributed by atoms with van der Waals surface area (Å²) in [5.41, 5.74) is 0.581. The van der Waals surface area contributed by atoms with Crippen LogP contribution in [0.1, 0.15) is 12.0 Å². The van der Waals surface area contributed by atoms with E-state index in [1.54, 1.807) is 18.2 Å². The largest absolute Gasteiger partial charge is 0.481 e. The van der Waals surface area contributed by atoms with E-state index in [1.165, 1.54) is 0 Å². The third-order valence-electron chi connectivity index (χ3n) is 1.39. The van der Waals surface area contributed by atoms with E-state index in [1.807, 2.05) is 0 Å². The van der Waals surface area contributed by atoms with Crippen molar-refractivity contribution in [1.82, 2.24) is 0 Å². The smallest absolute Gasteiger partial charge is 0.315 e. The third-order valence-corrected chi connectivity index (χ3v) is 1.94. The van der Waals surface area contributed by atoms with Gasteiger partial charge in [-0.05, 0) is 18.2 Å². The van der Waals surface area contributed by atoms with Crippen LogP contribution in [0.15, 0.2) is 18.2 Å². The highest BCUT2D eigenvalue weighted by Gasteiger charge is 1.97. The van der Waals surface area contributed by atoms with E-state index in [9.17, 15) is 4.79 Å². The van der Waals surface area contributed by atoms with E-state index in [2.05, 4.69) is 11.8 Å². The number of carboxylic acids is 1. The van der Waals surface area contributed by atoms with Gasteiger partial charge >= 0.3 is 5.97 Å². The van der Waals surface area contributed by atoms with Crippen molar-refractivity contribution >= 4 is 29.2 Å². The van der Waals surface area contributed by atoms with Crippen molar-refractivity contribution in [2.24, 2.45) is 0 Å². The molecular formula is C10H6Cl2O2. The zero-order chi connectivity index (χ0) is 10.6. The first kappa shape index (κ1) is 10.9. The number of halogens is 2. The fourth-order valence-corrected chi connectivity index (χ4v) is 1.26. The van der Waals surface area contributed by atoms with Gasteiger partial charge in [-0.15, -0.1) is 0 Å². The molecule has 0 aliphatic carbocycles. The molecule has 0 fully saturated rings. The summed E-state index contributed by atoms with van der Waals surface area (Å²) in [6.45, 7) is 0. The summed E-state index contributed by atoms with van der Waals surface area (Å²) in [7, 11) is 0. The molecule has 2 nitrogen and oxygen atoms in total. The van der Waals surface area contributed by atoms with Gasteiger partial charge in [-0.3, -0.25) is 4.79 Å². The highest BCUT2D eigenvalue weighted by atomic mass is 35.5. The van der Waals surface area contributed by atoms with E-state index < -0.39 is 5.97 Å². The Balaban J connectivity index is 2.85. The first-order valence-electron chi connectivity index (χ1n) is 3.75. The Hall–Kier alpha value is -1.17. The summed E-state index contributed by atoms with van der Waals surface area (Å²) in [5.74, 6) is 4.18. The standard InChI is InChI=1S/C10H6Cl2O2/c11-8-5-4-7(9(12)6-8)2-1-3-10(13)14/h4-6H,3H2,(H,13,14). The quantitative estimate of drug-likeness (QED) is 0.751. The molecule has 0 saturated heterocycles. The van der Waals surface area contributed by atoms with Crippen LogP contribution in [0.3, 0.4) is 0 Å². The van der Waals surface area contributed by atoms with Crippen LogP contribution in [0.4, 0.5) is 0 Å². The van der Waals surface area contributed by atoms with E-state index in [0.29, 0.717) is 15.6 Å². The lowest BCUT2D eigenvalue weighted by Gasteiger charge is -1.95. The first-order chi connectivity index (χ1) is 6.59. The summed E-state index contributed by atoms with van der Waals surface area (Å²) < 4.78 is 0. The molecule has 0 bridgehead atoms. The predicted octanol–water partition coefficient (Wildman–Crippen LogP) is 2.82. The monoisotopic (exact) mass is 228 g/mol. The molecule has 4 heteroatoms. The highest BCUT2D eigenvalue weighted by molar-refractivity contribution is 6.35. The van der Waals surface area contributed by atoms with E-state index >= 15 is 0 Å². The normalized spacial score (nSPS) is 9.00. The second-order valence-corrected chi connectivity index (χ2v) is 3.34. The number of carboxylic acid groups (broad SMARTS) is 1. The first-order valence-corrected chi connectivity index (χ1v) is 4.51. The van der Waals surface area contributed by atoms with Gasteiger partial charge in [0, 0.05) is 10.6 Å². The van der Waals surface area contributed by atoms with Crippen LogP contribution >= 0.6 is 23.2 Å². The molecule has 0 aromatic heterocycles. The number of rotatable bonds is 1. The maximum absolute atomic E-state index is 10.2. The molecule has 0 heterocycles. The number of aliphatic carboxylic acids is 1. The molecule has 0 atom stereocenters. The summed E-state index contributed by atoms with van der Waals surface area (Å²) in [6.07, 6.45) is -0.195. The minimum absolute atomic E-state index is 0.195. The topological polar surface area (TPSA) is 37.3 Å². The van der Waals surface area contributed by atoms with Crippen molar-refractivity contribution in [2.75, 3.05) is 0 Å². The minimum atomic E-state index is -0.956. The molecule has 0 aliphatic heterocycles. The van der Waals surface area contributed by atoms with Gasteiger partial charge in [0.1, 0.15) is 6.42 Å². The van der Waals surface area contributed by atoms with Crippen LogP contribution in [0, 0.1) is 11.8 Å². The Morgan fingerprint density at radius 1 is 1.43 bits per heavy atom. The van der Waals surface area contributed by atoms with E-state index in [4.69, 9.17) is 28.3 Å². The predicted molar refractivity (Wildman–Crippen MR) is 55.6 cm³/mol. The lowest BCUT2D eigenvalue weighted by molar-refractivity contribution is -0.135. The lowest BCUT2D eigenvalue weighted by Crippen LogP contribution is -1.90. The summed E-state index contributed by atoms with van der Waals surface area (Å²) >= 11 is 11.5. The van der Waals surface area contributed by atoms with Gasteiger partial charge in [0.15, 0.2) is 0 Å². The number of benzene rings is 1. The maximum Gasteiger partial charge on any atom is 0.315 e.